The molecular formula is C9H12N2O. The van der Waals surface area contributed by atoms with Crippen LogP contribution in [-0.2, 0) is 7.05 Å². The van der Waals surface area contributed by atoms with Gasteiger partial charge in [0.25, 0.3) is 5.56 Å². The molecule has 12 heavy (non-hydrogen) atoms. The number of aromatic nitrogens is 1. The normalized spacial score (nSPS) is 16.4. The van der Waals surface area contributed by atoms with Gasteiger partial charge in [0.15, 0.2) is 0 Å². The van der Waals surface area contributed by atoms with Crippen LogP contribution >= 0.6 is 0 Å². The molecule has 1 heterocycles. The molecule has 0 aliphatic heterocycles. The van der Waals surface area contributed by atoms with Gasteiger partial charge in [-0.15, -0.1) is 0 Å². The van der Waals surface area contributed by atoms with E-state index in [1.54, 1.807) is 11.6 Å². The summed E-state index contributed by atoms with van der Waals surface area (Å²) in [6.45, 7) is 0. The average molecular weight is 164 g/mol. The number of pyridine rings is 1. The minimum Gasteiger partial charge on any atom is -0.399 e. The quantitative estimate of drug-likeness (QED) is 0.668. The number of anilines is 1. The Bertz CT molecular complexity index is 363. The second-order valence-corrected chi connectivity index (χ2v) is 3.39. The summed E-state index contributed by atoms with van der Waals surface area (Å²) in [6, 6.07) is 3.37. The fourth-order valence-electron chi connectivity index (χ4n) is 1.45. The third-order valence-electron chi connectivity index (χ3n) is 2.32. The summed E-state index contributed by atoms with van der Waals surface area (Å²) in [5.41, 5.74) is 7.24. The zero-order valence-electron chi connectivity index (χ0n) is 7.08. The monoisotopic (exact) mass is 164 g/mol. The molecule has 1 aliphatic carbocycles. The zero-order chi connectivity index (χ0) is 8.72. The van der Waals surface area contributed by atoms with E-state index in [2.05, 4.69) is 0 Å². The van der Waals surface area contributed by atoms with E-state index in [-0.39, 0.29) is 5.56 Å². The Morgan fingerprint density at radius 1 is 1.50 bits per heavy atom. The predicted octanol–water partition coefficient (Wildman–Crippen LogP) is 0.845. The molecule has 0 radical (unpaired) electrons. The Morgan fingerprint density at radius 3 is 2.75 bits per heavy atom. The highest BCUT2D eigenvalue weighted by atomic mass is 16.1. The molecular weight excluding hydrogens is 152 g/mol. The first-order valence-corrected chi connectivity index (χ1v) is 4.15. The van der Waals surface area contributed by atoms with Gasteiger partial charge in [-0.3, -0.25) is 4.79 Å². The Labute approximate surface area is 70.8 Å². The summed E-state index contributed by atoms with van der Waals surface area (Å²) < 4.78 is 1.69. The molecule has 0 amide bonds. The van der Waals surface area contributed by atoms with Crippen LogP contribution in [0.4, 0.5) is 5.69 Å². The number of nitrogens with zero attached hydrogens (tertiary/aromatic N) is 1. The molecule has 0 unspecified atom stereocenters. The Morgan fingerprint density at radius 2 is 2.17 bits per heavy atom. The molecule has 64 valence electrons. The van der Waals surface area contributed by atoms with Crippen LogP contribution in [0.1, 0.15) is 24.5 Å². The van der Waals surface area contributed by atoms with Crippen molar-refractivity contribution in [3.8, 4) is 0 Å². The van der Waals surface area contributed by atoms with E-state index < -0.39 is 0 Å². The number of rotatable bonds is 1. The molecule has 0 aromatic carbocycles. The fourth-order valence-corrected chi connectivity index (χ4v) is 1.45. The predicted molar refractivity (Wildman–Crippen MR) is 48.1 cm³/mol. The van der Waals surface area contributed by atoms with Crippen LogP contribution < -0.4 is 11.3 Å². The maximum Gasteiger partial charge on any atom is 0.252 e. The number of nitrogen functional groups attached to an aromatic ring is 1. The molecule has 1 aromatic heterocycles. The van der Waals surface area contributed by atoms with Crippen molar-refractivity contribution < 1.29 is 0 Å². The average Bonchev–Trinajstić information content (AvgIpc) is 2.79. The van der Waals surface area contributed by atoms with Gasteiger partial charge in [-0.1, -0.05) is 0 Å². The van der Waals surface area contributed by atoms with Gasteiger partial charge < -0.3 is 10.3 Å². The van der Waals surface area contributed by atoms with Crippen LogP contribution in [0.15, 0.2) is 16.9 Å². The van der Waals surface area contributed by atoms with Crippen molar-refractivity contribution in [2.24, 2.45) is 7.05 Å². The third kappa shape index (κ3) is 1.11. The SMILES string of the molecule is Cn1c(C2CC2)cc(N)cc1=O. The van der Waals surface area contributed by atoms with Crippen molar-refractivity contribution in [2.45, 2.75) is 18.8 Å². The molecule has 1 saturated carbocycles. The van der Waals surface area contributed by atoms with Gasteiger partial charge in [-0.25, -0.2) is 0 Å². The summed E-state index contributed by atoms with van der Waals surface area (Å²) >= 11 is 0. The van der Waals surface area contributed by atoms with Crippen molar-refractivity contribution >= 4 is 5.69 Å². The van der Waals surface area contributed by atoms with Crippen molar-refractivity contribution in [3.05, 3.63) is 28.2 Å². The first-order valence-electron chi connectivity index (χ1n) is 4.15. The van der Waals surface area contributed by atoms with Gasteiger partial charge >= 0.3 is 0 Å². The second kappa shape index (κ2) is 2.37. The standard InChI is InChI=1S/C9H12N2O/c1-11-8(6-2-3-6)4-7(10)5-9(11)12/h4-6H,2-3,10H2,1H3. The highest BCUT2D eigenvalue weighted by Gasteiger charge is 2.26. The summed E-state index contributed by atoms with van der Waals surface area (Å²) in [6.07, 6.45) is 2.38. The molecule has 3 nitrogen and oxygen atoms in total. The van der Waals surface area contributed by atoms with Crippen LogP contribution in [0.2, 0.25) is 0 Å². The van der Waals surface area contributed by atoms with Crippen LogP contribution in [0.25, 0.3) is 0 Å². The molecule has 1 aliphatic rings. The highest BCUT2D eigenvalue weighted by molar-refractivity contribution is 5.39. The van der Waals surface area contributed by atoms with E-state index >= 15 is 0 Å². The molecule has 2 rings (SSSR count). The maximum atomic E-state index is 11.3. The molecule has 0 saturated heterocycles. The molecule has 3 heteroatoms. The van der Waals surface area contributed by atoms with Crippen molar-refractivity contribution in [1.29, 1.82) is 0 Å². The number of hydrogen-bond acceptors (Lipinski definition) is 2. The van der Waals surface area contributed by atoms with Gasteiger partial charge in [0, 0.05) is 24.5 Å². The Kier molecular flexibility index (Phi) is 1.46. The van der Waals surface area contributed by atoms with Gasteiger partial charge in [0.05, 0.1) is 0 Å². The first-order chi connectivity index (χ1) is 5.68. The van der Waals surface area contributed by atoms with Crippen LogP contribution in [-0.4, -0.2) is 4.57 Å². The van der Waals surface area contributed by atoms with Crippen molar-refractivity contribution in [1.82, 2.24) is 4.57 Å². The summed E-state index contributed by atoms with van der Waals surface area (Å²) in [4.78, 5) is 11.3. The smallest absolute Gasteiger partial charge is 0.252 e. The molecule has 1 aromatic rings. The molecule has 1 fully saturated rings. The van der Waals surface area contributed by atoms with E-state index in [0.717, 1.165) is 5.69 Å². The summed E-state index contributed by atoms with van der Waals surface area (Å²) in [7, 11) is 1.80. The largest absolute Gasteiger partial charge is 0.399 e. The van der Waals surface area contributed by atoms with Crippen molar-refractivity contribution in [3.63, 3.8) is 0 Å². The number of nitrogens with two attached hydrogens (primary N) is 1. The van der Waals surface area contributed by atoms with E-state index in [9.17, 15) is 4.79 Å². The van der Waals surface area contributed by atoms with Crippen LogP contribution in [0.3, 0.4) is 0 Å². The number of hydrogen-bond donors (Lipinski definition) is 1. The van der Waals surface area contributed by atoms with Crippen LogP contribution in [0, 0.1) is 0 Å². The topological polar surface area (TPSA) is 48.0 Å². The zero-order valence-corrected chi connectivity index (χ0v) is 7.08. The second-order valence-electron chi connectivity index (χ2n) is 3.39. The van der Waals surface area contributed by atoms with Crippen molar-refractivity contribution in [2.75, 3.05) is 5.73 Å². The third-order valence-corrected chi connectivity index (χ3v) is 2.32. The molecule has 2 N–H and O–H groups in total. The van der Waals surface area contributed by atoms with Gasteiger partial charge in [0.1, 0.15) is 0 Å². The molecule has 0 spiro atoms. The highest BCUT2D eigenvalue weighted by Crippen LogP contribution is 2.39. The van der Waals surface area contributed by atoms with Gasteiger partial charge in [0.2, 0.25) is 0 Å². The van der Waals surface area contributed by atoms with Crippen LogP contribution in [0.5, 0.6) is 0 Å². The van der Waals surface area contributed by atoms with E-state index in [1.165, 1.54) is 18.9 Å². The minimum absolute atomic E-state index is 0.00287. The molecule has 0 atom stereocenters. The maximum absolute atomic E-state index is 11.3. The first kappa shape index (κ1) is 7.40. The summed E-state index contributed by atoms with van der Waals surface area (Å²) in [5, 5.41) is 0. The lowest BCUT2D eigenvalue weighted by atomic mass is 10.2. The lowest BCUT2D eigenvalue weighted by Crippen LogP contribution is -2.19. The minimum atomic E-state index is -0.00287. The molecule has 0 bridgehead atoms. The van der Waals surface area contributed by atoms with Gasteiger partial charge in [-0.05, 0) is 24.8 Å². The lowest BCUT2D eigenvalue weighted by Gasteiger charge is -2.06. The lowest BCUT2D eigenvalue weighted by molar-refractivity contribution is 0.777. The summed E-state index contributed by atoms with van der Waals surface area (Å²) in [5.74, 6) is 0.575. The van der Waals surface area contributed by atoms with Gasteiger partial charge in [-0.2, -0.15) is 0 Å². The fraction of sp³-hybridized carbons (Fsp3) is 0.444. The Balaban J connectivity index is 2.58. The van der Waals surface area contributed by atoms with E-state index in [4.69, 9.17) is 5.73 Å². The van der Waals surface area contributed by atoms with E-state index in [1.807, 2.05) is 6.07 Å². The Hall–Kier alpha value is -1.25. The van der Waals surface area contributed by atoms with E-state index in [0.29, 0.717) is 11.6 Å².